The summed E-state index contributed by atoms with van der Waals surface area (Å²) in [6, 6.07) is 17.3. The molecule has 0 spiro atoms. The first-order chi connectivity index (χ1) is 10.2. The number of nitrogens with one attached hydrogen (secondary N) is 1. The number of hydrogen-bond donors (Lipinski definition) is 1. The van der Waals surface area contributed by atoms with Crippen LogP contribution in [0.5, 0.6) is 5.75 Å². The predicted octanol–water partition coefficient (Wildman–Crippen LogP) is 4.46. The molecule has 0 radical (unpaired) electrons. The van der Waals surface area contributed by atoms with Crippen LogP contribution in [0.2, 0.25) is 0 Å². The van der Waals surface area contributed by atoms with Crippen molar-refractivity contribution in [3.63, 3.8) is 0 Å². The molecule has 0 unspecified atom stereocenters. The lowest BCUT2D eigenvalue weighted by Gasteiger charge is -2.15. The first kappa shape index (κ1) is 15.6. The Bertz CT molecular complexity index is 548. The second-order valence-corrected chi connectivity index (χ2v) is 5.57. The number of para-hydroxylation sites is 1. The summed E-state index contributed by atoms with van der Waals surface area (Å²) >= 11 is 0. The second kappa shape index (κ2) is 7.84. The molecule has 0 aliphatic heterocycles. The van der Waals surface area contributed by atoms with Crippen molar-refractivity contribution in [1.82, 2.24) is 5.32 Å². The standard InChI is InChI=1S/C19H25NO/c1-4-16(3)20-13-18-7-5-6-8-19(18)21-14-17-11-9-15(2)10-12-17/h5-12,16,20H,4,13-14H2,1-3H3/t16-/m0/s1. The monoisotopic (exact) mass is 283 g/mol. The van der Waals surface area contributed by atoms with E-state index in [0.717, 1.165) is 18.7 Å². The fourth-order valence-corrected chi connectivity index (χ4v) is 2.06. The van der Waals surface area contributed by atoms with Gasteiger partial charge in [-0.25, -0.2) is 0 Å². The van der Waals surface area contributed by atoms with Crippen LogP contribution >= 0.6 is 0 Å². The van der Waals surface area contributed by atoms with E-state index in [1.807, 2.05) is 12.1 Å². The van der Waals surface area contributed by atoms with Gasteiger partial charge in [0, 0.05) is 18.2 Å². The largest absolute Gasteiger partial charge is 0.489 e. The fourth-order valence-electron chi connectivity index (χ4n) is 2.06. The van der Waals surface area contributed by atoms with Gasteiger partial charge in [0.1, 0.15) is 12.4 Å². The van der Waals surface area contributed by atoms with Gasteiger partial charge in [-0.3, -0.25) is 0 Å². The Kier molecular flexibility index (Phi) is 5.82. The minimum Gasteiger partial charge on any atom is -0.489 e. The maximum absolute atomic E-state index is 5.99. The van der Waals surface area contributed by atoms with Crippen LogP contribution in [0.3, 0.4) is 0 Å². The summed E-state index contributed by atoms with van der Waals surface area (Å²) in [5, 5.41) is 3.51. The molecule has 1 N–H and O–H groups in total. The average Bonchev–Trinajstić information content (AvgIpc) is 2.52. The molecule has 0 amide bonds. The Hall–Kier alpha value is -1.80. The van der Waals surface area contributed by atoms with E-state index in [4.69, 9.17) is 4.74 Å². The smallest absolute Gasteiger partial charge is 0.124 e. The lowest BCUT2D eigenvalue weighted by atomic mass is 10.1. The third kappa shape index (κ3) is 4.91. The Labute approximate surface area is 128 Å². The molecule has 0 bridgehead atoms. The van der Waals surface area contributed by atoms with Crippen LogP contribution in [0.1, 0.15) is 37.0 Å². The van der Waals surface area contributed by atoms with Crippen LogP contribution in [0.4, 0.5) is 0 Å². The molecule has 2 rings (SSSR count). The van der Waals surface area contributed by atoms with Crippen molar-refractivity contribution in [2.24, 2.45) is 0 Å². The highest BCUT2D eigenvalue weighted by Crippen LogP contribution is 2.19. The van der Waals surface area contributed by atoms with E-state index in [1.54, 1.807) is 0 Å². The predicted molar refractivity (Wildman–Crippen MR) is 88.5 cm³/mol. The molecule has 1 atom stereocenters. The Morgan fingerprint density at radius 3 is 2.48 bits per heavy atom. The summed E-state index contributed by atoms with van der Waals surface area (Å²) in [5.74, 6) is 0.967. The van der Waals surface area contributed by atoms with Crippen LogP contribution in [-0.2, 0) is 13.2 Å². The number of aryl methyl sites for hydroxylation is 1. The molecule has 21 heavy (non-hydrogen) atoms. The molecule has 2 heteroatoms. The van der Waals surface area contributed by atoms with E-state index in [2.05, 4.69) is 62.5 Å². The maximum Gasteiger partial charge on any atom is 0.124 e. The average molecular weight is 283 g/mol. The van der Waals surface area contributed by atoms with Crippen molar-refractivity contribution in [2.45, 2.75) is 46.4 Å². The molecule has 0 saturated carbocycles. The van der Waals surface area contributed by atoms with Crippen LogP contribution in [-0.4, -0.2) is 6.04 Å². The summed E-state index contributed by atoms with van der Waals surface area (Å²) in [5.41, 5.74) is 3.69. The second-order valence-electron chi connectivity index (χ2n) is 5.57. The molecule has 0 heterocycles. The molecule has 112 valence electrons. The van der Waals surface area contributed by atoms with Gasteiger partial charge in [0.15, 0.2) is 0 Å². The van der Waals surface area contributed by atoms with Gasteiger partial charge in [0.2, 0.25) is 0 Å². The molecule has 2 nitrogen and oxygen atoms in total. The normalized spacial score (nSPS) is 12.1. The molecule has 0 aliphatic carbocycles. The number of ether oxygens (including phenoxy) is 1. The van der Waals surface area contributed by atoms with Gasteiger partial charge in [-0.1, -0.05) is 55.0 Å². The Morgan fingerprint density at radius 1 is 1.05 bits per heavy atom. The van der Waals surface area contributed by atoms with Crippen molar-refractivity contribution < 1.29 is 4.74 Å². The highest BCUT2D eigenvalue weighted by atomic mass is 16.5. The van der Waals surface area contributed by atoms with Gasteiger partial charge in [-0.15, -0.1) is 0 Å². The van der Waals surface area contributed by atoms with Crippen LogP contribution in [0.15, 0.2) is 48.5 Å². The van der Waals surface area contributed by atoms with E-state index in [1.165, 1.54) is 16.7 Å². The zero-order valence-corrected chi connectivity index (χ0v) is 13.2. The molecule has 0 aromatic heterocycles. The van der Waals surface area contributed by atoms with Crippen LogP contribution < -0.4 is 10.1 Å². The van der Waals surface area contributed by atoms with Gasteiger partial charge in [0.05, 0.1) is 0 Å². The maximum atomic E-state index is 5.99. The van der Waals surface area contributed by atoms with Crippen molar-refractivity contribution >= 4 is 0 Å². The molecule has 0 fully saturated rings. The molecule has 2 aromatic carbocycles. The molecule has 0 saturated heterocycles. The van der Waals surface area contributed by atoms with Crippen molar-refractivity contribution in [3.05, 3.63) is 65.2 Å². The minimum absolute atomic E-state index is 0.523. The van der Waals surface area contributed by atoms with E-state index in [-0.39, 0.29) is 0 Å². The van der Waals surface area contributed by atoms with E-state index in [0.29, 0.717) is 12.6 Å². The van der Waals surface area contributed by atoms with Crippen molar-refractivity contribution in [1.29, 1.82) is 0 Å². The van der Waals surface area contributed by atoms with Gasteiger partial charge >= 0.3 is 0 Å². The molecular weight excluding hydrogens is 258 g/mol. The van der Waals surface area contributed by atoms with E-state index < -0.39 is 0 Å². The first-order valence-electron chi connectivity index (χ1n) is 7.68. The lowest BCUT2D eigenvalue weighted by Crippen LogP contribution is -2.24. The van der Waals surface area contributed by atoms with E-state index in [9.17, 15) is 0 Å². The van der Waals surface area contributed by atoms with Gasteiger partial charge in [-0.05, 0) is 31.9 Å². The topological polar surface area (TPSA) is 21.3 Å². The first-order valence-corrected chi connectivity index (χ1v) is 7.68. The summed E-state index contributed by atoms with van der Waals surface area (Å²) in [4.78, 5) is 0. The SMILES string of the molecule is CC[C@H](C)NCc1ccccc1OCc1ccc(C)cc1. The molecule has 0 aliphatic rings. The van der Waals surface area contributed by atoms with E-state index >= 15 is 0 Å². The quantitative estimate of drug-likeness (QED) is 0.810. The number of hydrogen-bond acceptors (Lipinski definition) is 2. The third-order valence-electron chi connectivity index (χ3n) is 3.74. The van der Waals surface area contributed by atoms with Crippen LogP contribution in [0, 0.1) is 6.92 Å². The summed E-state index contributed by atoms with van der Waals surface area (Å²) < 4.78 is 5.99. The summed E-state index contributed by atoms with van der Waals surface area (Å²) in [7, 11) is 0. The zero-order chi connectivity index (χ0) is 15.1. The number of rotatable bonds is 7. The Balaban J connectivity index is 1.97. The highest BCUT2D eigenvalue weighted by molar-refractivity contribution is 5.33. The summed E-state index contributed by atoms with van der Waals surface area (Å²) in [6.45, 7) is 7.95. The Morgan fingerprint density at radius 2 is 1.76 bits per heavy atom. The van der Waals surface area contributed by atoms with Gasteiger partial charge in [0.25, 0.3) is 0 Å². The minimum atomic E-state index is 0.523. The summed E-state index contributed by atoms with van der Waals surface area (Å²) in [6.07, 6.45) is 1.13. The van der Waals surface area contributed by atoms with Gasteiger partial charge < -0.3 is 10.1 Å². The number of benzene rings is 2. The lowest BCUT2D eigenvalue weighted by molar-refractivity contribution is 0.301. The fraction of sp³-hybridized carbons (Fsp3) is 0.368. The third-order valence-corrected chi connectivity index (χ3v) is 3.74. The highest BCUT2D eigenvalue weighted by Gasteiger charge is 2.05. The van der Waals surface area contributed by atoms with Crippen molar-refractivity contribution in [3.8, 4) is 5.75 Å². The van der Waals surface area contributed by atoms with Crippen molar-refractivity contribution in [2.75, 3.05) is 0 Å². The molecule has 2 aromatic rings. The van der Waals surface area contributed by atoms with Gasteiger partial charge in [-0.2, -0.15) is 0 Å². The zero-order valence-electron chi connectivity index (χ0n) is 13.2. The van der Waals surface area contributed by atoms with Crippen LogP contribution in [0.25, 0.3) is 0 Å². The molecular formula is C19H25NO.